The van der Waals surface area contributed by atoms with Gasteiger partial charge in [-0.15, -0.1) is 0 Å². The number of nitrogens with one attached hydrogen (secondary N) is 2. The standard InChI is InChI=1S/C30H32F3N3O3/c31-30(32,33)24-11-7-10-22(19-24)25-20-23(12-13-27(25)37)28(38)35-26(18-21-8-3-1-4-9-21)29(39)34-14-17-36-15-5-2-6-16-36/h1,3-4,7-13,19-20,26,37H,2,5-6,14-18H2,(H,34,39)(H,35,38)/t26-/m0/s1. The second-order valence-corrected chi connectivity index (χ2v) is 9.72. The van der Waals surface area contributed by atoms with Gasteiger partial charge in [-0.1, -0.05) is 48.9 Å². The summed E-state index contributed by atoms with van der Waals surface area (Å²) in [5, 5.41) is 16.1. The summed E-state index contributed by atoms with van der Waals surface area (Å²) in [6.45, 7) is 3.21. The van der Waals surface area contributed by atoms with Crippen molar-refractivity contribution < 1.29 is 27.9 Å². The van der Waals surface area contributed by atoms with Crippen LogP contribution in [0, 0.1) is 0 Å². The zero-order valence-electron chi connectivity index (χ0n) is 21.5. The molecule has 1 fully saturated rings. The second kappa shape index (κ2) is 12.8. The molecule has 1 aliphatic heterocycles. The van der Waals surface area contributed by atoms with Crippen molar-refractivity contribution in [2.45, 2.75) is 37.9 Å². The Bertz CT molecular complexity index is 1280. The molecule has 6 nitrogen and oxygen atoms in total. The van der Waals surface area contributed by atoms with Crippen LogP contribution in [0.5, 0.6) is 5.75 Å². The van der Waals surface area contributed by atoms with Gasteiger partial charge in [-0.25, -0.2) is 0 Å². The number of alkyl halides is 3. The van der Waals surface area contributed by atoms with Gasteiger partial charge in [0.25, 0.3) is 5.91 Å². The largest absolute Gasteiger partial charge is 0.507 e. The number of likely N-dealkylation sites (tertiary alicyclic amines) is 1. The third kappa shape index (κ3) is 7.83. The minimum Gasteiger partial charge on any atom is -0.507 e. The van der Waals surface area contributed by atoms with E-state index in [1.807, 2.05) is 30.3 Å². The first-order chi connectivity index (χ1) is 18.7. The highest BCUT2D eigenvalue weighted by molar-refractivity contribution is 5.99. The number of halogens is 3. The summed E-state index contributed by atoms with van der Waals surface area (Å²) in [6, 6.07) is 16.9. The van der Waals surface area contributed by atoms with Crippen molar-refractivity contribution in [3.05, 3.63) is 89.5 Å². The summed E-state index contributed by atoms with van der Waals surface area (Å²) in [4.78, 5) is 28.7. The fourth-order valence-corrected chi connectivity index (χ4v) is 4.72. The molecule has 1 atom stereocenters. The number of hydrogen-bond acceptors (Lipinski definition) is 4. The van der Waals surface area contributed by atoms with Crippen molar-refractivity contribution in [1.82, 2.24) is 15.5 Å². The lowest BCUT2D eigenvalue weighted by atomic mass is 9.99. The van der Waals surface area contributed by atoms with Crippen LogP contribution in [0.15, 0.2) is 72.8 Å². The summed E-state index contributed by atoms with van der Waals surface area (Å²) < 4.78 is 39.7. The van der Waals surface area contributed by atoms with Gasteiger partial charge in [-0.2, -0.15) is 13.2 Å². The Morgan fingerprint density at radius 3 is 2.38 bits per heavy atom. The monoisotopic (exact) mass is 539 g/mol. The van der Waals surface area contributed by atoms with Crippen LogP contribution in [0.2, 0.25) is 0 Å². The molecule has 39 heavy (non-hydrogen) atoms. The van der Waals surface area contributed by atoms with Crippen LogP contribution in [0.25, 0.3) is 11.1 Å². The van der Waals surface area contributed by atoms with Crippen LogP contribution in [0.4, 0.5) is 13.2 Å². The summed E-state index contributed by atoms with van der Waals surface area (Å²) in [5.41, 5.74) is 0.315. The van der Waals surface area contributed by atoms with Crippen molar-refractivity contribution in [3.8, 4) is 16.9 Å². The van der Waals surface area contributed by atoms with Crippen LogP contribution < -0.4 is 10.6 Å². The topological polar surface area (TPSA) is 81.7 Å². The molecular weight excluding hydrogens is 507 g/mol. The number of hydrogen-bond donors (Lipinski definition) is 3. The van der Waals surface area contributed by atoms with Gasteiger partial charge in [0.2, 0.25) is 5.91 Å². The highest BCUT2D eigenvalue weighted by Gasteiger charge is 2.30. The summed E-state index contributed by atoms with van der Waals surface area (Å²) in [5.74, 6) is -1.15. The molecule has 1 aliphatic rings. The first-order valence-electron chi connectivity index (χ1n) is 13.1. The van der Waals surface area contributed by atoms with Crippen LogP contribution in [0.1, 0.15) is 40.7 Å². The smallest absolute Gasteiger partial charge is 0.416 e. The lowest BCUT2D eigenvalue weighted by Gasteiger charge is -2.27. The Balaban J connectivity index is 1.50. The first kappa shape index (κ1) is 28.2. The molecule has 2 amide bonds. The van der Waals surface area contributed by atoms with Crippen LogP contribution in [-0.2, 0) is 17.4 Å². The number of rotatable bonds is 9. The highest BCUT2D eigenvalue weighted by Crippen LogP contribution is 2.35. The predicted molar refractivity (Wildman–Crippen MR) is 143 cm³/mol. The Kier molecular flexibility index (Phi) is 9.24. The van der Waals surface area contributed by atoms with Gasteiger partial charge in [-0.3, -0.25) is 9.59 Å². The van der Waals surface area contributed by atoms with E-state index in [9.17, 15) is 27.9 Å². The Morgan fingerprint density at radius 1 is 0.923 bits per heavy atom. The number of aromatic hydroxyl groups is 1. The van der Waals surface area contributed by atoms with E-state index in [0.29, 0.717) is 6.54 Å². The summed E-state index contributed by atoms with van der Waals surface area (Å²) >= 11 is 0. The molecule has 206 valence electrons. The maximum atomic E-state index is 13.2. The number of carbonyl (C=O) groups is 2. The van der Waals surface area contributed by atoms with Crippen LogP contribution in [0.3, 0.4) is 0 Å². The Morgan fingerprint density at radius 2 is 1.67 bits per heavy atom. The van der Waals surface area contributed by atoms with Gasteiger partial charge in [-0.05, 0) is 67.4 Å². The van der Waals surface area contributed by atoms with Gasteiger partial charge in [0.05, 0.1) is 5.56 Å². The van der Waals surface area contributed by atoms with Crippen molar-refractivity contribution in [1.29, 1.82) is 0 Å². The molecule has 0 saturated carbocycles. The van der Waals surface area contributed by atoms with E-state index in [-0.39, 0.29) is 34.8 Å². The van der Waals surface area contributed by atoms with E-state index in [1.54, 1.807) is 0 Å². The average Bonchev–Trinajstić information content (AvgIpc) is 2.93. The molecule has 0 aromatic heterocycles. The van der Waals surface area contributed by atoms with Gasteiger partial charge < -0.3 is 20.6 Å². The molecule has 0 unspecified atom stereocenters. The van der Waals surface area contributed by atoms with Gasteiger partial charge >= 0.3 is 6.18 Å². The molecule has 1 saturated heterocycles. The SMILES string of the molecule is O=C(N[C@@H](Cc1ccccc1)C(=O)NCCN1CCCCC1)c1ccc(O)c(-c2cccc(C(F)(F)F)c2)c1. The van der Waals surface area contributed by atoms with E-state index in [0.717, 1.165) is 50.2 Å². The van der Waals surface area contributed by atoms with Crippen molar-refractivity contribution in [2.75, 3.05) is 26.2 Å². The van der Waals surface area contributed by atoms with Crippen LogP contribution in [-0.4, -0.2) is 54.0 Å². The lowest BCUT2D eigenvalue weighted by Crippen LogP contribution is -2.49. The number of carbonyl (C=O) groups excluding carboxylic acids is 2. The molecule has 1 heterocycles. The van der Waals surface area contributed by atoms with E-state index in [2.05, 4.69) is 15.5 Å². The molecule has 0 bridgehead atoms. The first-order valence-corrected chi connectivity index (χ1v) is 13.1. The Labute approximate surface area is 225 Å². The zero-order chi connectivity index (χ0) is 27.8. The van der Waals surface area contributed by atoms with Gasteiger partial charge in [0.15, 0.2) is 0 Å². The van der Waals surface area contributed by atoms with Crippen molar-refractivity contribution in [3.63, 3.8) is 0 Å². The highest BCUT2D eigenvalue weighted by atomic mass is 19.4. The number of phenols is 1. The Hall–Kier alpha value is -3.85. The van der Waals surface area contributed by atoms with E-state index >= 15 is 0 Å². The third-order valence-corrected chi connectivity index (χ3v) is 6.84. The second-order valence-electron chi connectivity index (χ2n) is 9.72. The number of amides is 2. The third-order valence-electron chi connectivity index (χ3n) is 6.84. The van der Waals surface area contributed by atoms with E-state index in [1.165, 1.54) is 36.8 Å². The zero-order valence-corrected chi connectivity index (χ0v) is 21.5. The molecule has 3 N–H and O–H groups in total. The van der Waals surface area contributed by atoms with E-state index < -0.39 is 23.7 Å². The fraction of sp³-hybridized carbons (Fsp3) is 0.333. The average molecular weight is 540 g/mol. The molecule has 9 heteroatoms. The lowest BCUT2D eigenvalue weighted by molar-refractivity contribution is -0.137. The fourth-order valence-electron chi connectivity index (χ4n) is 4.72. The minimum absolute atomic E-state index is 0.0827. The quantitative estimate of drug-likeness (QED) is 0.357. The minimum atomic E-state index is -4.55. The predicted octanol–water partition coefficient (Wildman–Crippen LogP) is 5.02. The number of piperidine rings is 1. The molecular formula is C30H32F3N3O3. The summed E-state index contributed by atoms with van der Waals surface area (Å²) in [6.07, 6.45) is -0.764. The number of nitrogens with zero attached hydrogens (tertiary/aromatic N) is 1. The number of benzene rings is 3. The molecule has 0 spiro atoms. The van der Waals surface area contributed by atoms with Gasteiger partial charge in [0.1, 0.15) is 11.8 Å². The van der Waals surface area contributed by atoms with E-state index in [4.69, 9.17) is 0 Å². The maximum Gasteiger partial charge on any atom is 0.416 e. The van der Waals surface area contributed by atoms with Gasteiger partial charge in [0, 0.05) is 30.6 Å². The van der Waals surface area contributed by atoms with Crippen molar-refractivity contribution in [2.24, 2.45) is 0 Å². The number of phenolic OH excluding ortho intramolecular Hbond substituents is 1. The molecule has 3 aromatic carbocycles. The molecule has 3 aromatic rings. The molecule has 0 aliphatic carbocycles. The molecule has 4 rings (SSSR count). The normalized spacial score (nSPS) is 14.9. The van der Waals surface area contributed by atoms with Crippen LogP contribution >= 0.6 is 0 Å². The molecule has 0 radical (unpaired) electrons. The van der Waals surface area contributed by atoms with Crippen molar-refractivity contribution >= 4 is 11.8 Å². The summed E-state index contributed by atoms with van der Waals surface area (Å²) in [7, 11) is 0. The maximum absolute atomic E-state index is 13.2.